The minimum Gasteiger partial charge on any atom is -0.315 e. The molecule has 1 aliphatic rings. The van der Waals surface area contributed by atoms with Crippen molar-refractivity contribution in [2.45, 2.75) is 24.4 Å². The van der Waals surface area contributed by atoms with Crippen molar-refractivity contribution >= 4 is 26.0 Å². The number of aryl methyl sites for hydroxylation is 1. The minimum atomic E-state index is -3.61. The second kappa shape index (κ2) is 5.24. The smallest absolute Gasteiger partial charge is 0.260 e. The first-order chi connectivity index (χ1) is 8.42. The van der Waals surface area contributed by atoms with E-state index in [-0.39, 0.29) is 15.7 Å². The number of rotatable bonds is 3. The molecule has 0 amide bonds. The molecule has 0 spiro atoms. The Balaban J connectivity index is 2.22. The minimum absolute atomic E-state index is 0.0558. The first-order valence-corrected chi connectivity index (χ1v) is 7.97. The Morgan fingerprint density at radius 2 is 2.28 bits per heavy atom. The number of aromatic nitrogens is 3. The maximum atomic E-state index is 12.3. The second-order valence-corrected chi connectivity index (χ2v) is 6.89. The van der Waals surface area contributed by atoms with E-state index in [0.717, 1.165) is 13.0 Å². The summed E-state index contributed by atoms with van der Waals surface area (Å²) in [6, 6.07) is -0.106. The van der Waals surface area contributed by atoms with E-state index in [2.05, 4.69) is 36.3 Å². The Bertz CT molecular complexity index is 510. The Labute approximate surface area is 115 Å². The summed E-state index contributed by atoms with van der Waals surface area (Å²) >= 11 is 3.10. The van der Waals surface area contributed by atoms with Crippen LogP contribution >= 0.6 is 15.9 Å². The summed E-state index contributed by atoms with van der Waals surface area (Å²) in [5.41, 5.74) is 0. The molecule has 1 aliphatic heterocycles. The molecule has 0 saturated carbocycles. The molecule has 1 aromatic rings. The lowest BCUT2D eigenvalue weighted by Crippen LogP contribution is -2.50. The van der Waals surface area contributed by atoms with E-state index in [9.17, 15) is 8.42 Å². The third kappa shape index (κ3) is 2.73. The zero-order chi connectivity index (χ0) is 13.3. The Hall–Kier alpha value is -0.510. The standard InChI is InChI=1S/C9H16BrN5O2S/c1-6-3-4-11-5-7(6)13-18(16,17)9-8(10)12-14-15(9)2/h6-7,11,13H,3-5H2,1-2H3/t6-,7-/m1/s1. The molecule has 1 aromatic heterocycles. The van der Waals surface area contributed by atoms with Gasteiger partial charge in [-0.3, -0.25) is 0 Å². The van der Waals surface area contributed by atoms with Crippen molar-refractivity contribution in [1.29, 1.82) is 0 Å². The van der Waals surface area contributed by atoms with Crippen LogP contribution in [0.3, 0.4) is 0 Å². The highest BCUT2D eigenvalue weighted by molar-refractivity contribution is 9.10. The van der Waals surface area contributed by atoms with E-state index in [4.69, 9.17) is 0 Å². The summed E-state index contributed by atoms with van der Waals surface area (Å²) in [5, 5.41) is 10.6. The fraction of sp³-hybridized carbons (Fsp3) is 0.778. The van der Waals surface area contributed by atoms with Gasteiger partial charge in [-0.1, -0.05) is 12.1 Å². The van der Waals surface area contributed by atoms with Gasteiger partial charge >= 0.3 is 0 Å². The molecule has 0 aromatic carbocycles. The number of piperidine rings is 1. The van der Waals surface area contributed by atoms with Crippen molar-refractivity contribution < 1.29 is 8.42 Å². The number of nitrogens with zero attached hydrogens (tertiary/aromatic N) is 3. The van der Waals surface area contributed by atoms with Crippen LogP contribution in [0.25, 0.3) is 0 Å². The largest absolute Gasteiger partial charge is 0.315 e. The van der Waals surface area contributed by atoms with Gasteiger partial charge in [-0.15, -0.1) is 5.10 Å². The zero-order valence-electron chi connectivity index (χ0n) is 10.2. The summed E-state index contributed by atoms with van der Waals surface area (Å²) in [6.07, 6.45) is 0.956. The molecule has 1 fully saturated rings. The molecule has 2 heterocycles. The van der Waals surface area contributed by atoms with Gasteiger partial charge in [-0.2, -0.15) is 0 Å². The highest BCUT2D eigenvalue weighted by Crippen LogP contribution is 2.20. The highest BCUT2D eigenvalue weighted by atomic mass is 79.9. The van der Waals surface area contributed by atoms with Gasteiger partial charge in [0, 0.05) is 19.6 Å². The molecule has 2 rings (SSSR count). The summed E-state index contributed by atoms with van der Waals surface area (Å²) in [6.45, 7) is 3.62. The first kappa shape index (κ1) is 13.9. The molecule has 2 N–H and O–H groups in total. The molecule has 0 radical (unpaired) electrons. The summed E-state index contributed by atoms with van der Waals surface area (Å²) < 4.78 is 28.7. The number of hydrogen-bond acceptors (Lipinski definition) is 5. The lowest BCUT2D eigenvalue weighted by molar-refractivity contribution is 0.326. The third-order valence-corrected chi connectivity index (χ3v) is 5.50. The van der Waals surface area contributed by atoms with Crippen LogP contribution in [0.5, 0.6) is 0 Å². The predicted octanol–water partition coefficient (Wildman–Crippen LogP) is -0.146. The first-order valence-electron chi connectivity index (χ1n) is 5.70. The molecule has 0 aliphatic carbocycles. The fourth-order valence-corrected chi connectivity index (χ4v) is 4.45. The van der Waals surface area contributed by atoms with Crippen LogP contribution in [0.1, 0.15) is 13.3 Å². The van der Waals surface area contributed by atoms with Gasteiger partial charge in [0.2, 0.25) is 5.03 Å². The number of nitrogens with one attached hydrogen (secondary N) is 2. The average Bonchev–Trinajstić information content (AvgIpc) is 2.62. The quantitative estimate of drug-likeness (QED) is 0.800. The van der Waals surface area contributed by atoms with Gasteiger partial charge in [-0.25, -0.2) is 17.8 Å². The molecular weight excluding hydrogens is 322 g/mol. The Morgan fingerprint density at radius 1 is 1.56 bits per heavy atom. The summed E-state index contributed by atoms with van der Waals surface area (Å²) in [4.78, 5) is 0. The van der Waals surface area contributed by atoms with Crippen LogP contribution in [-0.4, -0.2) is 42.5 Å². The zero-order valence-corrected chi connectivity index (χ0v) is 12.6. The van der Waals surface area contributed by atoms with E-state index in [0.29, 0.717) is 12.5 Å². The van der Waals surface area contributed by atoms with Gasteiger partial charge in [-0.05, 0) is 34.8 Å². The average molecular weight is 338 g/mol. The number of halogens is 1. The molecule has 0 bridgehead atoms. The monoisotopic (exact) mass is 337 g/mol. The van der Waals surface area contributed by atoms with Crippen molar-refractivity contribution in [3.63, 3.8) is 0 Å². The maximum absolute atomic E-state index is 12.3. The molecule has 0 unspecified atom stereocenters. The summed E-state index contributed by atoms with van der Waals surface area (Å²) in [7, 11) is -2.06. The third-order valence-electron chi connectivity index (χ3n) is 3.13. The van der Waals surface area contributed by atoms with Crippen molar-refractivity contribution in [3.8, 4) is 0 Å². The van der Waals surface area contributed by atoms with Crippen LogP contribution in [0.4, 0.5) is 0 Å². The van der Waals surface area contributed by atoms with Gasteiger partial charge in [0.1, 0.15) is 0 Å². The van der Waals surface area contributed by atoms with Gasteiger partial charge in [0.15, 0.2) is 4.60 Å². The lowest BCUT2D eigenvalue weighted by atomic mass is 9.96. The van der Waals surface area contributed by atoms with E-state index in [1.165, 1.54) is 4.68 Å². The number of sulfonamides is 1. The molecular formula is C9H16BrN5O2S. The topological polar surface area (TPSA) is 88.9 Å². The van der Waals surface area contributed by atoms with Crippen LogP contribution in [0.15, 0.2) is 9.63 Å². The fourth-order valence-electron chi connectivity index (χ4n) is 2.01. The molecule has 7 nitrogen and oxygen atoms in total. The van der Waals surface area contributed by atoms with E-state index in [1.54, 1.807) is 7.05 Å². The van der Waals surface area contributed by atoms with E-state index < -0.39 is 10.0 Å². The SMILES string of the molecule is C[C@@H]1CCNC[C@H]1NS(=O)(=O)c1c(Br)nnn1C. The predicted molar refractivity (Wildman–Crippen MR) is 69.5 cm³/mol. The second-order valence-electron chi connectivity index (χ2n) is 4.51. The van der Waals surface area contributed by atoms with Crippen LogP contribution in [-0.2, 0) is 17.1 Å². The molecule has 2 atom stereocenters. The normalized spacial score (nSPS) is 25.3. The van der Waals surface area contributed by atoms with Crippen molar-refractivity contribution in [2.75, 3.05) is 13.1 Å². The van der Waals surface area contributed by atoms with Crippen LogP contribution in [0.2, 0.25) is 0 Å². The van der Waals surface area contributed by atoms with Gasteiger partial charge in [0.25, 0.3) is 10.0 Å². The van der Waals surface area contributed by atoms with Gasteiger partial charge < -0.3 is 5.32 Å². The lowest BCUT2D eigenvalue weighted by Gasteiger charge is -2.29. The van der Waals surface area contributed by atoms with Crippen LogP contribution in [0, 0.1) is 5.92 Å². The maximum Gasteiger partial charge on any atom is 0.260 e. The van der Waals surface area contributed by atoms with Crippen molar-refractivity contribution in [2.24, 2.45) is 13.0 Å². The number of hydrogen-bond donors (Lipinski definition) is 2. The summed E-state index contributed by atoms with van der Waals surface area (Å²) in [5.74, 6) is 0.306. The highest BCUT2D eigenvalue weighted by Gasteiger charge is 2.30. The van der Waals surface area contributed by atoms with Crippen LogP contribution < -0.4 is 10.0 Å². The Morgan fingerprint density at radius 3 is 2.83 bits per heavy atom. The molecule has 1 saturated heterocycles. The van der Waals surface area contributed by atoms with E-state index in [1.807, 2.05) is 6.92 Å². The molecule has 18 heavy (non-hydrogen) atoms. The van der Waals surface area contributed by atoms with Crippen molar-refractivity contribution in [3.05, 3.63) is 4.60 Å². The van der Waals surface area contributed by atoms with E-state index >= 15 is 0 Å². The Kier molecular flexibility index (Phi) is 4.05. The van der Waals surface area contributed by atoms with Crippen molar-refractivity contribution in [1.82, 2.24) is 25.0 Å². The van der Waals surface area contributed by atoms with Gasteiger partial charge in [0.05, 0.1) is 0 Å². The molecule has 9 heteroatoms. The molecule has 102 valence electrons.